The van der Waals surface area contributed by atoms with Crippen LogP contribution < -0.4 is 0 Å². The highest BCUT2D eigenvalue weighted by atomic mass is 16.5. The van der Waals surface area contributed by atoms with E-state index in [1.165, 1.54) is 5.57 Å². The number of rotatable bonds is 4. The van der Waals surface area contributed by atoms with Crippen molar-refractivity contribution >= 4 is 12.0 Å². The molecule has 0 aliphatic carbocycles. The zero-order valence-electron chi connectivity index (χ0n) is 12.5. The fourth-order valence-electron chi connectivity index (χ4n) is 2.69. The minimum atomic E-state index is -0.818. The number of nitrogens with zero attached hydrogens (tertiary/aromatic N) is 3. The fourth-order valence-corrected chi connectivity index (χ4v) is 2.69. The van der Waals surface area contributed by atoms with Gasteiger partial charge in [-0.15, -0.1) is 0 Å². The van der Waals surface area contributed by atoms with Crippen molar-refractivity contribution in [3.05, 3.63) is 11.6 Å². The number of hydrogen-bond acceptors (Lipinski definition) is 4. The Bertz CT molecular complexity index is 416. The molecule has 7 nitrogen and oxygen atoms in total. The van der Waals surface area contributed by atoms with E-state index in [-0.39, 0.29) is 12.6 Å². The normalized spacial score (nSPS) is 20.3. The number of carboxylic acids is 1. The third-order valence-electron chi connectivity index (χ3n) is 3.91. The molecule has 0 saturated carbocycles. The van der Waals surface area contributed by atoms with E-state index in [0.29, 0.717) is 39.3 Å². The molecule has 0 aromatic heterocycles. The first-order valence-electron chi connectivity index (χ1n) is 7.25. The molecule has 1 saturated heterocycles. The summed E-state index contributed by atoms with van der Waals surface area (Å²) in [7, 11) is 1.68. The van der Waals surface area contributed by atoms with Crippen LogP contribution in [0.4, 0.5) is 4.79 Å². The monoisotopic (exact) mass is 297 g/mol. The average molecular weight is 297 g/mol. The van der Waals surface area contributed by atoms with Crippen LogP contribution in [-0.4, -0.2) is 91.3 Å². The topological polar surface area (TPSA) is 73.3 Å². The molecule has 0 atom stereocenters. The summed E-state index contributed by atoms with van der Waals surface area (Å²) in [6.45, 7) is 4.47. The van der Waals surface area contributed by atoms with Crippen molar-refractivity contribution in [3.8, 4) is 0 Å². The molecule has 1 fully saturated rings. The molecule has 0 spiro atoms. The lowest BCUT2D eigenvalue weighted by Gasteiger charge is -2.37. The molecule has 0 aromatic carbocycles. The van der Waals surface area contributed by atoms with Gasteiger partial charge in [0, 0.05) is 46.4 Å². The van der Waals surface area contributed by atoms with E-state index in [1.807, 2.05) is 14.7 Å². The van der Waals surface area contributed by atoms with Crippen molar-refractivity contribution in [1.29, 1.82) is 0 Å². The number of urea groups is 1. The van der Waals surface area contributed by atoms with Crippen molar-refractivity contribution in [2.45, 2.75) is 6.42 Å². The van der Waals surface area contributed by atoms with Crippen molar-refractivity contribution in [1.82, 2.24) is 14.7 Å². The van der Waals surface area contributed by atoms with Gasteiger partial charge in [0.15, 0.2) is 0 Å². The van der Waals surface area contributed by atoms with E-state index in [0.717, 1.165) is 13.0 Å². The Hall–Kier alpha value is -1.60. The van der Waals surface area contributed by atoms with Gasteiger partial charge in [-0.05, 0) is 12.0 Å². The van der Waals surface area contributed by atoms with Gasteiger partial charge in [0.2, 0.25) is 0 Å². The van der Waals surface area contributed by atoms with Crippen LogP contribution in [0.15, 0.2) is 11.6 Å². The second-order valence-electron chi connectivity index (χ2n) is 5.43. The Morgan fingerprint density at radius 3 is 2.43 bits per heavy atom. The van der Waals surface area contributed by atoms with E-state index < -0.39 is 5.97 Å². The van der Waals surface area contributed by atoms with Gasteiger partial charge in [-0.25, -0.2) is 4.79 Å². The first kappa shape index (κ1) is 15.8. The molecular weight excluding hydrogens is 274 g/mol. The van der Waals surface area contributed by atoms with Crippen LogP contribution >= 0.6 is 0 Å². The second kappa shape index (κ2) is 7.42. The number of aliphatic carboxylic acids is 1. The summed E-state index contributed by atoms with van der Waals surface area (Å²) in [6, 6.07) is 0.0534. The summed E-state index contributed by atoms with van der Waals surface area (Å²) in [5, 5.41) is 8.77. The fraction of sp³-hybridized carbons (Fsp3) is 0.714. The van der Waals surface area contributed by atoms with Crippen LogP contribution in [-0.2, 0) is 9.53 Å². The van der Waals surface area contributed by atoms with Crippen LogP contribution in [0.2, 0.25) is 0 Å². The number of carboxylic acid groups (broad SMARTS) is 1. The molecule has 2 rings (SSSR count). The number of carbonyl (C=O) groups excluding carboxylic acids is 1. The van der Waals surface area contributed by atoms with Gasteiger partial charge in [-0.1, -0.05) is 6.08 Å². The molecule has 0 bridgehead atoms. The lowest BCUT2D eigenvalue weighted by molar-refractivity contribution is -0.138. The van der Waals surface area contributed by atoms with Gasteiger partial charge in [0.25, 0.3) is 0 Å². The van der Waals surface area contributed by atoms with Gasteiger partial charge >= 0.3 is 12.0 Å². The average Bonchev–Trinajstić information content (AvgIpc) is 2.48. The third-order valence-corrected chi connectivity index (χ3v) is 3.91. The molecule has 0 aromatic rings. The molecule has 21 heavy (non-hydrogen) atoms. The maximum Gasteiger partial charge on any atom is 0.320 e. The number of piperazine rings is 1. The molecule has 118 valence electrons. The van der Waals surface area contributed by atoms with Crippen LogP contribution in [0.1, 0.15) is 6.42 Å². The molecule has 2 heterocycles. The number of methoxy groups -OCH3 is 1. The van der Waals surface area contributed by atoms with E-state index in [2.05, 4.69) is 6.08 Å². The minimum absolute atomic E-state index is 0.0505. The second-order valence-corrected chi connectivity index (χ2v) is 5.43. The van der Waals surface area contributed by atoms with Gasteiger partial charge in [-0.2, -0.15) is 0 Å². The highest BCUT2D eigenvalue weighted by molar-refractivity contribution is 5.75. The maximum absolute atomic E-state index is 12.4. The first-order valence-corrected chi connectivity index (χ1v) is 7.25. The van der Waals surface area contributed by atoms with Crippen LogP contribution in [0.3, 0.4) is 0 Å². The number of ether oxygens (including phenoxy) is 1. The van der Waals surface area contributed by atoms with Crippen LogP contribution in [0.5, 0.6) is 0 Å². The predicted octanol–water partition coefficient (Wildman–Crippen LogP) is 0.0871. The molecular formula is C14H23N3O4. The first-order chi connectivity index (χ1) is 10.1. The van der Waals surface area contributed by atoms with E-state index in [4.69, 9.17) is 9.84 Å². The van der Waals surface area contributed by atoms with Crippen LogP contribution in [0.25, 0.3) is 0 Å². The maximum atomic E-state index is 12.4. The number of amides is 2. The molecule has 2 aliphatic rings. The molecule has 7 heteroatoms. The molecule has 0 unspecified atom stereocenters. The van der Waals surface area contributed by atoms with E-state index in [1.54, 1.807) is 7.11 Å². The van der Waals surface area contributed by atoms with E-state index >= 15 is 0 Å². The van der Waals surface area contributed by atoms with Crippen molar-refractivity contribution < 1.29 is 19.4 Å². The Balaban J connectivity index is 1.79. The lowest BCUT2D eigenvalue weighted by atomic mass is 10.1. The summed E-state index contributed by atoms with van der Waals surface area (Å²) in [5.41, 5.74) is 1.24. The lowest BCUT2D eigenvalue weighted by Crippen LogP contribution is -2.54. The Morgan fingerprint density at radius 2 is 1.90 bits per heavy atom. The smallest absolute Gasteiger partial charge is 0.320 e. The largest absolute Gasteiger partial charge is 0.480 e. The SMILES string of the molecule is COCC1=CCN(C(=O)N2CCN(CC(=O)O)CC2)CC1. The van der Waals surface area contributed by atoms with Gasteiger partial charge in [-0.3, -0.25) is 9.69 Å². The Morgan fingerprint density at radius 1 is 1.19 bits per heavy atom. The standard InChI is InChI=1S/C14H23N3O4/c1-21-11-12-2-4-16(5-3-12)14(20)17-8-6-15(7-9-17)10-13(18)19/h2H,3-11H2,1H3,(H,18,19). The number of hydrogen-bond donors (Lipinski definition) is 1. The minimum Gasteiger partial charge on any atom is -0.480 e. The molecule has 0 radical (unpaired) electrons. The number of carbonyl (C=O) groups is 2. The summed E-state index contributed by atoms with van der Waals surface area (Å²) in [6.07, 6.45) is 2.92. The van der Waals surface area contributed by atoms with Crippen LogP contribution in [0, 0.1) is 0 Å². The van der Waals surface area contributed by atoms with Gasteiger partial charge in [0.05, 0.1) is 13.2 Å². The highest BCUT2D eigenvalue weighted by Gasteiger charge is 2.26. The predicted molar refractivity (Wildman–Crippen MR) is 77.2 cm³/mol. The summed E-state index contributed by atoms with van der Waals surface area (Å²) >= 11 is 0. The molecule has 1 N–H and O–H groups in total. The van der Waals surface area contributed by atoms with Crippen molar-refractivity contribution in [2.24, 2.45) is 0 Å². The summed E-state index contributed by atoms with van der Waals surface area (Å²) < 4.78 is 5.10. The summed E-state index contributed by atoms with van der Waals surface area (Å²) in [4.78, 5) is 28.6. The third kappa shape index (κ3) is 4.44. The van der Waals surface area contributed by atoms with Crippen molar-refractivity contribution in [2.75, 3.05) is 59.5 Å². The quantitative estimate of drug-likeness (QED) is 0.744. The molecule has 2 aliphatic heterocycles. The van der Waals surface area contributed by atoms with E-state index in [9.17, 15) is 9.59 Å². The van der Waals surface area contributed by atoms with Gasteiger partial charge in [0.1, 0.15) is 0 Å². The highest BCUT2D eigenvalue weighted by Crippen LogP contribution is 2.14. The Labute approximate surface area is 124 Å². The van der Waals surface area contributed by atoms with Gasteiger partial charge < -0.3 is 19.6 Å². The summed E-state index contributed by atoms with van der Waals surface area (Å²) in [5.74, 6) is -0.818. The van der Waals surface area contributed by atoms with Crippen molar-refractivity contribution in [3.63, 3.8) is 0 Å². The zero-order valence-corrected chi connectivity index (χ0v) is 12.5. The Kier molecular flexibility index (Phi) is 5.58. The zero-order chi connectivity index (χ0) is 15.2. The molecule has 2 amide bonds.